The number of rotatable bonds is 3. The minimum absolute atomic E-state index is 0.0328. The van der Waals surface area contributed by atoms with Gasteiger partial charge in [-0.25, -0.2) is 12.8 Å². The molecule has 0 spiro atoms. The first-order valence-electron chi connectivity index (χ1n) is 7.20. The Bertz CT molecular complexity index is 1040. The van der Waals surface area contributed by atoms with Crippen molar-refractivity contribution in [1.29, 1.82) is 0 Å². The molecule has 0 radical (unpaired) electrons. The average Bonchev–Trinajstić information content (AvgIpc) is 3.00. The minimum Gasteiger partial charge on any atom is -0.350 e. The number of alkyl halides is 3. The van der Waals surface area contributed by atoms with E-state index in [1.807, 2.05) is 0 Å². The summed E-state index contributed by atoms with van der Waals surface area (Å²) in [6.45, 7) is 0. The van der Waals surface area contributed by atoms with Crippen molar-refractivity contribution in [1.82, 2.24) is 5.16 Å². The van der Waals surface area contributed by atoms with Crippen LogP contribution < -0.4 is 0 Å². The highest BCUT2D eigenvalue weighted by Crippen LogP contribution is 2.42. The highest BCUT2D eigenvalue weighted by atomic mass is 32.2. The molecular weight excluding hydrogens is 374 g/mol. The monoisotopic (exact) mass is 385 g/mol. The summed E-state index contributed by atoms with van der Waals surface area (Å²) in [6, 6.07) is 9.62. The smallest absolute Gasteiger partial charge is 0.350 e. The van der Waals surface area contributed by atoms with E-state index in [1.165, 1.54) is 36.4 Å². The number of benzene rings is 2. The lowest BCUT2D eigenvalue weighted by Crippen LogP contribution is -2.05. The summed E-state index contributed by atoms with van der Waals surface area (Å²) in [4.78, 5) is -0.0328. The van der Waals surface area contributed by atoms with E-state index in [1.54, 1.807) is 0 Å². The van der Waals surface area contributed by atoms with E-state index in [2.05, 4.69) is 9.68 Å². The molecule has 0 aliphatic carbocycles. The number of hydrogen-bond donors (Lipinski definition) is 0. The fourth-order valence-corrected chi connectivity index (χ4v) is 3.06. The summed E-state index contributed by atoms with van der Waals surface area (Å²) in [5.74, 6) is -1.86. The van der Waals surface area contributed by atoms with Gasteiger partial charge >= 0.3 is 6.18 Å². The molecular formula is C17H11F4NO3S. The largest absolute Gasteiger partial charge is 0.453 e. The van der Waals surface area contributed by atoms with Crippen molar-refractivity contribution in [3.8, 4) is 22.4 Å². The molecule has 0 saturated carbocycles. The molecule has 1 heterocycles. The molecule has 0 fully saturated rings. The van der Waals surface area contributed by atoms with Crippen molar-refractivity contribution < 1.29 is 30.5 Å². The molecule has 0 aliphatic heterocycles. The van der Waals surface area contributed by atoms with Gasteiger partial charge in [-0.05, 0) is 42.0 Å². The van der Waals surface area contributed by atoms with Crippen LogP contribution in [0.4, 0.5) is 17.6 Å². The summed E-state index contributed by atoms with van der Waals surface area (Å²) in [6.07, 6.45) is -3.82. The third-order valence-electron chi connectivity index (χ3n) is 3.64. The second-order valence-electron chi connectivity index (χ2n) is 5.54. The summed E-state index contributed by atoms with van der Waals surface area (Å²) in [7, 11) is -3.50. The topological polar surface area (TPSA) is 60.2 Å². The highest BCUT2D eigenvalue weighted by molar-refractivity contribution is 7.90. The summed E-state index contributed by atoms with van der Waals surface area (Å²) < 4.78 is 80.6. The van der Waals surface area contributed by atoms with Crippen molar-refractivity contribution in [2.24, 2.45) is 0 Å². The van der Waals surface area contributed by atoms with Crippen molar-refractivity contribution in [2.75, 3.05) is 6.26 Å². The van der Waals surface area contributed by atoms with Crippen molar-refractivity contribution in [2.45, 2.75) is 11.1 Å². The highest BCUT2D eigenvalue weighted by Gasteiger charge is 2.41. The quantitative estimate of drug-likeness (QED) is 0.620. The Balaban J connectivity index is 2.21. The molecule has 26 heavy (non-hydrogen) atoms. The van der Waals surface area contributed by atoms with Gasteiger partial charge in [0, 0.05) is 11.8 Å². The van der Waals surface area contributed by atoms with Crippen LogP contribution >= 0.6 is 0 Å². The Morgan fingerprint density at radius 1 is 0.923 bits per heavy atom. The predicted molar refractivity (Wildman–Crippen MR) is 85.4 cm³/mol. The lowest BCUT2D eigenvalue weighted by molar-refractivity contribution is -0.154. The molecule has 0 amide bonds. The van der Waals surface area contributed by atoms with E-state index in [4.69, 9.17) is 0 Å². The standard InChI is InChI=1S/C17H11F4NO3S/c1-26(23,24)13-8-4-10(5-9-13)14-15(11-2-6-12(18)7-3-11)22-25-16(14)17(19,20)21/h2-9H,1H3. The van der Waals surface area contributed by atoms with E-state index >= 15 is 0 Å². The minimum atomic E-state index is -4.81. The lowest BCUT2D eigenvalue weighted by atomic mass is 9.99. The maximum Gasteiger partial charge on any atom is 0.453 e. The van der Waals surface area contributed by atoms with Gasteiger partial charge in [0.1, 0.15) is 11.5 Å². The van der Waals surface area contributed by atoms with Gasteiger partial charge < -0.3 is 4.52 Å². The SMILES string of the molecule is CS(=O)(=O)c1ccc(-c2c(-c3ccc(F)cc3)noc2C(F)(F)F)cc1. The number of sulfone groups is 1. The molecule has 0 unspecified atom stereocenters. The van der Waals surface area contributed by atoms with Crippen molar-refractivity contribution in [3.63, 3.8) is 0 Å². The molecule has 3 rings (SSSR count). The Kier molecular flexibility index (Phi) is 4.35. The van der Waals surface area contributed by atoms with Crippen LogP contribution in [-0.2, 0) is 16.0 Å². The number of halogens is 4. The van der Waals surface area contributed by atoms with Crippen molar-refractivity contribution >= 4 is 9.84 Å². The van der Waals surface area contributed by atoms with Gasteiger partial charge in [-0.1, -0.05) is 17.3 Å². The molecule has 2 aromatic carbocycles. The third kappa shape index (κ3) is 3.48. The van der Waals surface area contributed by atoms with Crippen LogP contribution in [0.1, 0.15) is 5.76 Å². The van der Waals surface area contributed by atoms with Crippen LogP contribution in [0.5, 0.6) is 0 Å². The van der Waals surface area contributed by atoms with E-state index in [0.29, 0.717) is 0 Å². The summed E-state index contributed by atoms with van der Waals surface area (Å²) >= 11 is 0. The zero-order valence-electron chi connectivity index (χ0n) is 13.2. The Morgan fingerprint density at radius 2 is 1.46 bits per heavy atom. The van der Waals surface area contributed by atoms with Crippen LogP contribution in [0, 0.1) is 5.82 Å². The molecule has 0 bridgehead atoms. The fourth-order valence-electron chi connectivity index (χ4n) is 2.43. The van der Waals surface area contributed by atoms with Gasteiger partial charge in [-0.3, -0.25) is 0 Å². The zero-order valence-corrected chi connectivity index (χ0v) is 14.0. The number of hydrogen-bond acceptors (Lipinski definition) is 4. The van der Waals surface area contributed by atoms with Crippen LogP contribution in [0.15, 0.2) is 57.9 Å². The zero-order chi connectivity index (χ0) is 19.1. The molecule has 136 valence electrons. The van der Waals surface area contributed by atoms with Gasteiger partial charge in [0.25, 0.3) is 0 Å². The van der Waals surface area contributed by atoms with Crippen LogP contribution in [0.3, 0.4) is 0 Å². The predicted octanol–water partition coefficient (Wildman–Crippen LogP) is 4.57. The van der Waals surface area contributed by atoms with E-state index in [0.717, 1.165) is 18.4 Å². The van der Waals surface area contributed by atoms with Gasteiger partial charge in [-0.15, -0.1) is 0 Å². The maximum absolute atomic E-state index is 13.3. The molecule has 1 aromatic heterocycles. The summed E-state index contributed by atoms with van der Waals surface area (Å²) in [5.41, 5.74) is -0.160. The second-order valence-corrected chi connectivity index (χ2v) is 7.55. The molecule has 4 nitrogen and oxygen atoms in total. The lowest BCUT2D eigenvalue weighted by Gasteiger charge is -2.08. The fraction of sp³-hybridized carbons (Fsp3) is 0.118. The van der Waals surface area contributed by atoms with E-state index < -0.39 is 27.6 Å². The van der Waals surface area contributed by atoms with Gasteiger partial charge in [0.2, 0.25) is 5.76 Å². The molecule has 0 N–H and O–H groups in total. The first-order chi connectivity index (χ1) is 12.1. The van der Waals surface area contributed by atoms with E-state index in [9.17, 15) is 26.0 Å². The molecule has 3 aromatic rings. The Morgan fingerprint density at radius 3 is 1.96 bits per heavy atom. The normalized spacial score (nSPS) is 12.3. The van der Waals surface area contributed by atoms with Crippen LogP contribution in [0.2, 0.25) is 0 Å². The van der Waals surface area contributed by atoms with Crippen LogP contribution in [-0.4, -0.2) is 19.8 Å². The average molecular weight is 385 g/mol. The molecule has 9 heteroatoms. The maximum atomic E-state index is 13.3. The van der Waals surface area contributed by atoms with Crippen LogP contribution in [0.25, 0.3) is 22.4 Å². The van der Waals surface area contributed by atoms with Gasteiger partial charge in [0.05, 0.1) is 10.5 Å². The number of nitrogens with zero attached hydrogens (tertiary/aromatic N) is 1. The Labute approximate surface area is 146 Å². The van der Waals surface area contributed by atoms with Gasteiger partial charge in [-0.2, -0.15) is 13.2 Å². The molecule has 0 aliphatic rings. The third-order valence-corrected chi connectivity index (χ3v) is 4.77. The Hall–Kier alpha value is -2.68. The first kappa shape index (κ1) is 18.1. The van der Waals surface area contributed by atoms with E-state index in [-0.39, 0.29) is 27.3 Å². The van der Waals surface area contributed by atoms with Crippen molar-refractivity contribution in [3.05, 3.63) is 60.1 Å². The summed E-state index contributed by atoms with van der Waals surface area (Å²) in [5, 5.41) is 3.49. The second kappa shape index (κ2) is 6.24. The molecule has 0 atom stereocenters. The first-order valence-corrected chi connectivity index (χ1v) is 9.10. The number of aromatic nitrogens is 1. The molecule has 0 saturated heterocycles. The van der Waals surface area contributed by atoms with Gasteiger partial charge in [0.15, 0.2) is 9.84 Å².